The van der Waals surface area contributed by atoms with Crippen LogP contribution in [0, 0.1) is 12.7 Å². The van der Waals surface area contributed by atoms with E-state index < -0.39 is 6.10 Å². The van der Waals surface area contributed by atoms with E-state index in [1.807, 2.05) is 42.8 Å². The highest BCUT2D eigenvalue weighted by molar-refractivity contribution is 7.99. The Bertz CT molecular complexity index is 850. The van der Waals surface area contributed by atoms with Gasteiger partial charge in [0.15, 0.2) is 11.0 Å². The Labute approximate surface area is 155 Å². The molecular formula is C19H20FN3O2S. The van der Waals surface area contributed by atoms with Crippen LogP contribution in [0.3, 0.4) is 0 Å². The van der Waals surface area contributed by atoms with Gasteiger partial charge in [-0.1, -0.05) is 29.5 Å². The molecule has 26 heavy (non-hydrogen) atoms. The molecule has 0 aliphatic rings. The van der Waals surface area contributed by atoms with E-state index in [1.54, 1.807) is 12.1 Å². The first-order chi connectivity index (χ1) is 12.5. The minimum Gasteiger partial charge on any atom is -0.491 e. The second-order valence-electron chi connectivity index (χ2n) is 5.96. The van der Waals surface area contributed by atoms with Crippen molar-refractivity contribution in [2.45, 2.75) is 18.2 Å². The summed E-state index contributed by atoms with van der Waals surface area (Å²) in [6.07, 6.45) is -0.632. The van der Waals surface area contributed by atoms with E-state index in [-0.39, 0.29) is 12.4 Å². The third-order valence-corrected chi connectivity index (χ3v) is 4.97. The average molecular weight is 373 g/mol. The first-order valence-corrected chi connectivity index (χ1v) is 9.17. The van der Waals surface area contributed by atoms with Crippen LogP contribution in [0.15, 0.2) is 53.7 Å². The number of hydrogen-bond donors (Lipinski definition) is 1. The van der Waals surface area contributed by atoms with Gasteiger partial charge in [0.25, 0.3) is 0 Å². The largest absolute Gasteiger partial charge is 0.491 e. The lowest BCUT2D eigenvalue weighted by Gasteiger charge is -2.12. The van der Waals surface area contributed by atoms with Crippen LogP contribution in [0.5, 0.6) is 5.75 Å². The van der Waals surface area contributed by atoms with E-state index >= 15 is 0 Å². The maximum Gasteiger partial charge on any atom is 0.191 e. The Balaban J connectivity index is 1.54. The average Bonchev–Trinajstić information content (AvgIpc) is 3.01. The highest BCUT2D eigenvalue weighted by Crippen LogP contribution is 2.23. The third kappa shape index (κ3) is 4.62. The molecule has 0 saturated carbocycles. The summed E-state index contributed by atoms with van der Waals surface area (Å²) in [6, 6.07) is 13.8. The Morgan fingerprint density at radius 1 is 1.12 bits per heavy atom. The van der Waals surface area contributed by atoms with Crippen LogP contribution in [0.4, 0.5) is 4.39 Å². The molecular weight excluding hydrogens is 353 g/mol. The van der Waals surface area contributed by atoms with E-state index in [0.29, 0.717) is 16.7 Å². The highest BCUT2D eigenvalue weighted by Gasteiger charge is 2.14. The zero-order valence-electron chi connectivity index (χ0n) is 14.6. The monoisotopic (exact) mass is 373 g/mol. The van der Waals surface area contributed by atoms with Crippen LogP contribution in [-0.4, -0.2) is 38.3 Å². The minimum absolute atomic E-state index is 0.207. The summed E-state index contributed by atoms with van der Waals surface area (Å²) >= 11 is 1.40. The van der Waals surface area contributed by atoms with Crippen molar-refractivity contribution >= 4 is 11.8 Å². The molecule has 2 aromatic carbocycles. The van der Waals surface area contributed by atoms with Crippen LogP contribution in [-0.2, 0) is 7.05 Å². The standard InChI is InChI=1S/C19H20FN3O2S/c1-13-3-9-17(10-4-13)25-11-16(24)12-26-19-22-21-18(23(19)2)14-5-7-15(20)8-6-14/h3-10,16,24H,11-12H2,1-2H3/t16-/m0/s1. The number of hydrogen-bond acceptors (Lipinski definition) is 5. The Hall–Kier alpha value is -2.38. The van der Waals surface area contributed by atoms with Crippen LogP contribution in [0.2, 0.25) is 0 Å². The van der Waals surface area contributed by atoms with Crippen molar-refractivity contribution in [3.05, 3.63) is 59.9 Å². The molecule has 0 fully saturated rings. The first-order valence-electron chi connectivity index (χ1n) is 8.18. The lowest BCUT2D eigenvalue weighted by Crippen LogP contribution is -2.20. The number of aliphatic hydroxyl groups is 1. The van der Waals surface area contributed by atoms with Gasteiger partial charge in [-0.3, -0.25) is 0 Å². The van der Waals surface area contributed by atoms with Crippen LogP contribution in [0.25, 0.3) is 11.4 Å². The number of aryl methyl sites for hydroxylation is 1. The molecule has 1 aromatic heterocycles. The molecule has 0 saturated heterocycles. The van der Waals surface area contributed by atoms with E-state index in [0.717, 1.165) is 16.9 Å². The van der Waals surface area contributed by atoms with Crippen LogP contribution in [0.1, 0.15) is 5.56 Å². The highest BCUT2D eigenvalue weighted by atomic mass is 32.2. The van der Waals surface area contributed by atoms with Gasteiger partial charge >= 0.3 is 0 Å². The number of nitrogens with zero attached hydrogens (tertiary/aromatic N) is 3. The summed E-state index contributed by atoms with van der Waals surface area (Å²) in [6.45, 7) is 2.22. The molecule has 0 aliphatic heterocycles. The molecule has 1 N–H and O–H groups in total. The molecule has 0 bridgehead atoms. The van der Waals surface area contributed by atoms with E-state index in [4.69, 9.17) is 4.74 Å². The molecule has 0 aliphatic carbocycles. The molecule has 1 atom stereocenters. The number of rotatable bonds is 7. The molecule has 7 heteroatoms. The molecule has 0 unspecified atom stereocenters. The number of thioether (sulfide) groups is 1. The van der Waals surface area contributed by atoms with Crippen LogP contribution >= 0.6 is 11.8 Å². The van der Waals surface area contributed by atoms with Gasteiger partial charge in [-0.15, -0.1) is 10.2 Å². The molecule has 3 aromatic rings. The fraction of sp³-hybridized carbons (Fsp3) is 0.263. The lowest BCUT2D eigenvalue weighted by atomic mass is 10.2. The summed E-state index contributed by atoms with van der Waals surface area (Å²) in [4.78, 5) is 0. The second-order valence-corrected chi connectivity index (χ2v) is 6.95. The lowest BCUT2D eigenvalue weighted by molar-refractivity contribution is 0.126. The fourth-order valence-electron chi connectivity index (χ4n) is 2.34. The zero-order valence-corrected chi connectivity index (χ0v) is 15.4. The minimum atomic E-state index is -0.632. The van der Waals surface area contributed by atoms with Crippen molar-refractivity contribution in [1.29, 1.82) is 0 Å². The van der Waals surface area contributed by atoms with Crippen molar-refractivity contribution < 1.29 is 14.2 Å². The van der Waals surface area contributed by atoms with Crippen molar-refractivity contribution in [2.24, 2.45) is 7.05 Å². The summed E-state index contributed by atoms with van der Waals surface area (Å²) < 4.78 is 20.5. The summed E-state index contributed by atoms with van der Waals surface area (Å²) in [7, 11) is 1.84. The number of benzene rings is 2. The van der Waals surface area contributed by atoms with Crippen molar-refractivity contribution in [3.63, 3.8) is 0 Å². The first kappa shape index (κ1) is 18.4. The Morgan fingerprint density at radius 2 is 1.81 bits per heavy atom. The van der Waals surface area contributed by atoms with E-state index in [9.17, 15) is 9.50 Å². The maximum absolute atomic E-state index is 13.0. The van der Waals surface area contributed by atoms with Gasteiger partial charge in [-0.05, 0) is 43.3 Å². The second kappa shape index (κ2) is 8.33. The summed E-state index contributed by atoms with van der Waals surface area (Å²) in [5.74, 6) is 1.53. The maximum atomic E-state index is 13.0. The quantitative estimate of drug-likeness (QED) is 0.643. The van der Waals surface area contributed by atoms with Crippen molar-refractivity contribution in [2.75, 3.05) is 12.4 Å². The van der Waals surface area contributed by atoms with Gasteiger partial charge < -0.3 is 14.4 Å². The normalized spacial score (nSPS) is 12.2. The molecule has 1 heterocycles. The summed E-state index contributed by atoms with van der Waals surface area (Å²) in [5.41, 5.74) is 1.95. The molecule has 0 amide bonds. The number of ether oxygens (including phenoxy) is 1. The van der Waals surface area contributed by atoms with Crippen LogP contribution < -0.4 is 4.74 Å². The SMILES string of the molecule is Cc1ccc(OC[C@H](O)CSc2nnc(-c3ccc(F)cc3)n2C)cc1. The Kier molecular flexibility index (Phi) is 5.90. The zero-order chi connectivity index (χ0) is 18.5. The van der Waals surface area contributed by atoms with Gasteiger partial charge in [-0.2, -0.15) is 0 Å². The van der Waals surface area contributed by atoms with E-state index in [2.05, 4.69) is 10.2 Å². The number of halogens is 1. The topological polar surface area (TPSA) is 60.2 Å². The van der Waals surface area contributed by atoms with Gasteiger partial charge in [0.1, 0.15) is 18.2 Å². The molecule has 0 spiro atoms. The molecule has 0 radical (unpaired) electrons. The van der Waals surface area contributed by atoms with Crippen molar-refractivity contribution in [3.8, 4) is 17.1 Å². The Morgan fingerprint density at radius 3 is 2.50 bits per heavy atom. The van der Waals surface area contributed by atoms with Gasteiger partial charge in [0.05, 0.1) is 6.10 Å². The number of aromatic nitrogens is 3. The predicted molar refractivity (Wildman–Crippen MR) is 99.8 cm³/mol. The third-order valence-electron chi connectivity index (χ3n) is 3.81. The van der Waals surface area contributed by atoms with E-state index in [1.165, 1.54) is 23.9 Å². The van der Waals surface area contributed by atoms with Gasteiger partial charge in [-0.25, -0.2) is 4.39 Å². The fourth-order valence-corrected chi connectivity index (χ4v) is 3.15. The van der Waals surface area contributed by atoms with Gasteiger partial charge in [0, 0.05) is 18.4 Å². The smallest absolute Gasteiger partial charge is 0.191 e. The molecule has 3 rings (SSSR count). The van der Waals surface area contributed by atoms with Gasteiger partial charge in [0.2, 0.25) is 0 Å². The summed E-state index contributed by atoms with van der Waals surface area (Å²) in [5, 5.41) is 19.1. The molecule has 136 valence electrons. The number of aliphatic hydroxyl groups excluding tert-OH is 1. The van der Waals surface area contributed by atoms with Crippen molar-refractivity contribution in [1.82, 2.24) is 14.8 Å². The predicted octanol–water partition coefficient (Wildman–Crippen LogP) is 3.46. The molecule has 5 nitrogen and oxygen atoms in total.